The molecule has 1 aromatic heterocycles. The van der Waals surface area contributed by atoms with Crippen molar-refractivity contribution in [1.82, 2.24) is 4.98 Å². The minimum Gasteiger partial charge on any atom is -0.444 e. The van der Waals surface area contributed by atoms with Gasteiger partial charge in [0.1, 0.15) is 5.76 Å². The molecule has 0 amide bonds. The Morgan fingerprint density at radius 2 is 2.08 bits per heavy atom. The van der Waals surface area contributed by atoms with E-state index < -0.39 is 0 Å². The highest BCUT2D eigenvalue weighted by atomic mass is 16.3. The Hall–Kier alpha value is -1.83. The van der Waals surface area contributed by atoms with Gasteiger partial charge in [-0.1, -0.05) is 30.3 Å². The largest absolute Gasteiger partial charge is 0.444 e. The molecule has 0 fully saturated rings. The summed E-state index contributed by atoms with van der Waals surface area (Å²) in [6.07, 6.45) is 6.93. The van der Waals surface area contributed by atoms with E-state index in [9.17, 15) is 0 Å². The van der Waals surface area contributed by atoms with Crippen LogP contribution in [0.1, 0.15) is 11.3 Å². The van der Waals surface area contributed by atoms with E-state index in [0.717, 1.165) is 11.3 Å². The molecule has 1 heterocycles. The smallest absolute Gasteiger partial charge is 0.181 e. The molecule has 2 nitrogen and oxygen atoms in total. The van der Waals surface area contributed by atoms with Gasteiger partial charge in [-0.05, 0) is 17.7 Å². The summed E-state index contributed by atoms with van der Waals surface area (Å²) in [4.78, 5) is 3.81. The van der Waals surface area contributed by atoms with Gasteiger partial charge in [0.2, 0.25) is 0 Å². The van der Waals surface area contributed by atoms with Gasteiger partial charge in [-0.2, -0.15) is 0 Å². The van der Waals surface area contributed by atoms with Crippen LogP contribution in [0.15, 0.2) is 41.3 Å². The zero-order valence-corrected chi connectivity index (χ0v) is 6.97. The van der Waals surface area contributed by atoms with Crippen molar-refractivity contribution in [2.75, 3.05) is 0 Å². The molecule has 13 heavy (non-hydrogen) atoms. The quantitative estimate of drug-likeness (QED) is 0.692. The van der Waals surface area contributed by atoms with Crippen LogP contribution >= 0.6 is 0 Å². The Morgan fingerprint density at radius 1 is 1.23 bits per heavy atom. The Morgan fingerprint density at radius 3 is 2.77 bits per heavy atom. The third-order valence-electron chi connectivity index (χ3n) is 1.64. The molecule has 2 aromatic rings. The van der Waals surface area contributed by atoms with E-state index in [-0.39, 0.29) is 0 Å². The molecule has 0 spiro atoms. The molecule has 1 radical (unpaired) electrons. The monoisotopic (exact) mass is 170 g/mol. The van der Waals surface area contributed by atoms with Gasteiger partial charge in [0, 0.05) is 0 Å². The van der Waals surface area contributed by atoms with Gasteiger partial charge < -0.3 is 4.42 Å². The number of aromatic nitrogens is 1. The fourth-order valence-electron chi connectivity index (χ4n) is 0.997. The van der Waals surface area contributed by atoms with Crippen molar-refractivity contribution in [3.63, 3.8) is 0 Å². The number of benzene rings is 1. The molecular weight excluding hydrogens is 162 g/mol. The summed E-state index contributed by atoms with van der Waals surface area (Å²) in [7, 11) is 0. The first-order chi connectivity index (χ1) is 6.45. The van der Waals surface area contributed by atoms with Crippen LogP contribution in [0.25, 0.3) is 12.2 Å². The van der Waals surface area contributed by atoms with Gasteiger partial charge in [-0.25, -0.2) is 4.98 Å². The first kappa shape index (κ1) is 7.80. The lowest BCUT2D eigenvalue weighted by molar-refractivity contribution is 0.548. The minimum absolute atomic E-state index is 0.757. The molecule has 0 atom stereocenters. The van der Waals surface area contributed by atoms with Gasteiger partial charge in [0.15, 0.2) is 6.39 Å². The third-order valence-corrected chi connectivity index (χ3v) is 1.64. The molecule has 0 unspecified atom stereocenters. The second kappa shape index (κ2) is 3.72. The van der Waals surface area contributed by atoms with Crippen LogP contribution in [0, 0.1) is 6.07 Å². The molecule has 0 aliphatic heterocycles. The molecule has 0 saturated carbocycles. The van der Waals surface area contributed by atoms with Crippen molar-refractivity contribution in [3.8, 4) is 0 Å². The lowest BCUT2D eigenvalue weighted by Crippen LogP contribution is -1.68. The Labute approximate surface area is 76.5 Å². The summed E-state index contributed by atoms with van der Waals surface area (Å²) in [5.41, 5.74) is 1.12. The van der Waals surface area contributed by atoms with Crippen LogP contribution in [0.4, 0.5) is 0 Å². The first-order valence-corrected chi connectivity index (χ1v) is 3.98. The van der Waals surface area contributed by atoms with E-state index >= 15 is 0 Å². The van der Waals surface area contributed by atoms with E-state index in [1.54, 1.807) is 6.20 Å². The molecule has 2 rings (SSSR count). The minimum atomic E-state index is 0.757. The van der Waals surface area contributed by atoms with Gasteiger partial charge in [-0.3, -0.25) is 0 Å². The number of oxazole rings is 1. The van der Waals surface area contributed by atoms with Crippen LogP contribution in [-0.4, -0.2) is 4.98 Å². The Kier molecular flexibility index (Phi) is 2.23. The van der Waals surface area contributed by atoms with Crippen molar-refractivity contribution < 1.29 is 4.42 Å². The first-order valence-electron chi connectivity index (χ1n) is 3.98. The number of hydrogen-bond acceptors (Lipinski definition) is 2. The van der Waals surface area contributed by atoms with Crippen LogP contribution in [0.5, 0.6) is 0 Å². The molecule has 0 N–H and O–H groups in total. The summed E-state index contributed by atoms with van der Waals surface area (Å²) in [6, 6.07) is 10.7. The lowest BCUT2D eigenvalue weighted by Gasteiger charge is -1.88. The maximum absolute atomic E-state index is 5.05. The van der Waals surface area contributed by atoms with Gasteiger partial charge >= 0.3 is 0 Å². The van der Waals surface area contributed by atoms with E-state index in [2.05, 4.69) is 11.1 Å². The van der Waals surface area contributed by atoms with Crippen LogP contribution < -0.4 is 0 Å². The maximum atomic E-state index is 5.05. The molecule has 0 aliphatic carbocycles. The SMILES string of the molecule is [c]1ccc(/C=C/c2cnco2)cc1. The topological polar surface area (TPSA) is 26.0 Å². The molecular formula is C11H8NO. The second-order valence-electron chi connectivity index (χ2n) is 2.57. The van der Waals surface area contributed by atoms with Crippen molar-refractivity contribution in [2.45, 2.75) is 0 Å². The van der Waals surface area contributed by atoms with Crippen molar-refractivity contribution in [2.24, 2.45) is 0 Å². The average molecular weight is 170 g/mol. The third kappa shape index (κ3) is 2.06. The highest BCUT2D eigenvalue weighted by Crippen LogP contribution is 2.06. The highest BCUT2D eigenvalue weighted by molar-refractivity contribution is 5.66. The lowest BCUT2D eigenvalue weighted by atomic mass is 10.2. The van der Waals surface area contributed by atoms with Crippen molar-refractivity contribution in [1.29, 1.82) is 0 Å². The zero-order chi connectivity index (χ0) is 8.93. The van der Waals surface area contributed by atoms with Gasteiger partial charge in [-0.15, -0.1) is 0 Å². The summed E-state index contributed by atoms with van der Waals surface area (Å²) < 4.78 is 5.05. The van der Waals surface area contributed by atoms with Gasteiger partial charge in [0.25, 0.3) is 0 Å². The van der Waals surface area contributed by atoms with Crippen molar-refractivity contribution >= 4 is 12.2 Å². The predicted molar refractivity (Wildman–Crippen MR) is 50.7 cm³/mol. The number of rotatable bonds is 2. The van der Waals surface area contributed by atoms with E-state index in [1.807, 2.05) is 36.4 Å². The van der Waals surface area contributed by atoms with E-state index in [4.69, 9.17) is 4.42 Å². The maximum Gasteiger partial charge on any atom is 0.181 e. The average Bonchev–Trinajstić information content (AvgIpc) is 2.69. The van der Waals surface area contributed by atoms with Gasteiger partial charge in [0.05, 0.1) is 6.20 Å². The van der Waals surface area contributed by atoms with Crippen LogP contribution in [0.2, 0.25) is 0 Å². The fraction of sp³-hybridized carbons (Fsp3) is 0. The predicted octanol–water partition coefficient (Wildman–Crippen LogP) is 2.65. The summed E-state index contributed by atoms with van der Waals surface area (Å²) >= 11 is 0. The van der Waals surface area contributed by atoms with Crippen LogP contribution in [-0.2, 0) is 0 Å². The number of nitrogens with zero attached hydrogens (tertiary/aromatic N) is 1. The summed E-state index contributed by atoms with van der Waals surface area (Å²) in [6.45, 7) is 0. The molecule has 63 valence electrons. The summed E-state index contributed by atoms with van der Waals surface area (Å²) in [5.74, 6) is 0.757. The van der Waals surface area contributed by atoms with Crippen LogP contribution in [0.3, 0.4) is 0 Å². The zero-order valence-electron chi connectivity index (χ0n) is 6.97. The normalized spacial score (nSPS) is 10.8. The molecule has 1 aromatic carbocycles. The van der Waals surface area contributed by atoms with Crippen molar-refractivity contribution in [3.05, 3.63) is 54.2 Å². The summed E-state index contributed by atoms with van der Waals surface area (Å²) in [5, 5.41) is 0. The molecule has 0 bridgehead atoms. The Bertz CT molecular complexity index is 376. The molecule has 0 aliphatic rings. The fourth-order valence-corrected chi connectivity index (χ4v) is 0.997. The molecule has 2 heteroatoms. The Balaban J connectivity index is 2.15. The van der Waals surface area contributed by atoms with E-state index in [1.165, 1.54) is 6.39 Å². The second-order valence-corrected chi connectivity index (χ2v) is 2.57. The number of hydrogen-bond donors (Lipinski definition) is 0. The highest BCUT2D eigenvalue weighted by Gasteiger charge is 1.88. The van der Waals surface area contributed by atoms with E-state index in [0.29, 0.717) is 0 Å². The standard InChI is InChI=1S/C11H8NO/c1-2-4-10(5-3-1)6-7-11-8-12-9-13-11/h2-9H/b7-6+. The molecule has 0 saturated heterocycles.